The molecule has 1 unspecified atom stereocenters. The second-order valence-electron chi connectivity index (χ2n) is 4.59. The van der Waals surface area contributed by atoms with Crippen LogP contribution in [0.4, 0.5) is 5.69 Å². The number of amides is 1. The molecule has 1 saturated heterocycles. The second kappa shape index (κ2) is 6.18. The van der Waals surface area contributed by atoms with E-state index in [0.717, 1.165) is 25.1 Å². The molecule has 2 N–H and O–H groups in total. The Morgan fingerprint density at radius 3 is 2.83 bits per heavy atom. The van der Waals surface area contributed by atoms with Gasteiger partial charge in [-0.3, -0.25) is 9.69 Å². The monoisotopic (exact) mass is 268 g/mol. The van der Waals surface area contributed by atoms with E-state index in [-0.39, 0.29) is 12.0 Å². The Kier molecular flexibility index (Phi) is 4.58. The van der Waals surface area contributed by atoms with Gasteiger partial charge in [0.1, 0.15) is 0 Å². The predicted octanol–water partition coefficient (Wildman–Crippen LogP) is 1.74. The van der Waals surface area contributed by atoms with Crippen LogP contribution in [0.2, 0.25) is 5.02 Å². The molecule has 1 aliphatic rings. The van der Waals surface area contributed by atoms with Crippen LogP contribution in [0.3, 0.4) is 0 Å². The van der Waals surface area contributed by atoms with Gasteiger partial charge in [0.2, 0.25) is 5.91 Å². The number of halogens is 1. The molecule has 1 amide bonds. The van der Waals surface area contributed by atoms with Gasteiger partial charge in [0.15, 0.2) is 0 Å². The van der Waals surface area contributed by atoms with E-state index in [0.29, 0.717) is 18.1 Å². The maximum atomic E-state index is 11.8. The van der Waals surface area contributed by atoms with Gasteiger partial charge in [-0.25, -0.2) is 0 Å². The lowest BCUT2D eigenvalue weighted by Gasteiger charge is -2.29. The minimum Gasteiger partial charge on any atom is -0.392 e. The number of hydrogen-bond donors (Lipinski definition) is 2. The fourth-order valence-electron chi connectivity index (χ4n) is 2.11. The standard InChI is InChI=1S/C13H17ClN2O2/c14-10-3-5-11(6-4-10)15-13(18)9-16-7-1-2-12(17)8-16/h3-6,12,17H,1-2,7-9H2,(H,15,18). The van der Waals surface area contributed by atoms with Crippen molar-refractivity contribution in [2.45, 2.75) is 18.9 Å². The number of hydrogen-bond acceptors (Lipinski definition) is 3. The zero-order chi connectivity index (χ0) is 13.0. The maximum absolute atomic E-state index is 11.8. The molecule has 1 heterocycles. The van der Waals surface area contributed by atoms with E-state index in [1.165, 1.54) is 0 Å². The SMILES string of the molecule is O=C(CN1CCCC(O)C1)Nc1ccc(Cl)cc1. The first-order valence-corrected chi connectivity index (χ1v) is 6.47. The molecule has 0 aliphatic carbocycles. The van der Waals surface area contributed by atoms with Gasteiger partial charge < -0.3 is 10.4 Å². The van der Waals surface area contributed by atoms with Gasteiger partial charge >= 0.3 is 0 Å². The number of benzene rings is 1. The van der Waals surface area contributed by atoms with Crippen molar-refractivity contribution in [3.8, 4) is 0 Å². The van der Waals surface area contributed by atoms with E-state index >= 15 is 0 Å². The highest BCUT2D eigenvalue weighted by Gasteiger charge is 2.19. The number of carbonyl (C=O) groups excluding carboxylic acids is 1. The molecule has 1 atom stereocenters. The first-order chi connectivity index (χ1) is 8.63. The van der Waals surface area contributed by atoms with Crippen LogP contribution in [0.25, 0.3) is 0 Å². The molecule has 98 valence electrons. The van der Waals surface area contributed by atoms with Crippen molar-refractivity contribution in [2.24, 2.45) is 0 Å². The van der Waals surface area contributed by atoms with Crippen molar-refractivity contribution in [1.29, 1.82) is 0 Å². The Labute approximate surface area is 112 Å². The molecule has 1 aliphatic heterocycles. The molecular weight excluding hydrogens is 252 g/mol. The number of nitrogens with zero attached hydrogens (tertiary/aromatic N) is 1. The number of β-amino-alcohol motifs (C(OH)–C–C–N with tert-alkyl or cyclic N) is 1. The third-order valence-corrected chi connectivity index (χ3v) is 3.23. The number of aliphatic hydroxyl groups excluding tert-OH is 1. The van der Waals surface area contributed by atoms with Crippen LogP contribution < -0.4 is 5.32 Å². The van der Waals surface area contributed by atoms with Crippen molar-refractivity contribution in [3.63, 3.8) is 0 Å². The lowest BCUT2D eigenvalue weighted by Crippen LogP contribution is -2.42. The van der Waals surface area contributed by atoms with Crippen LogP contribution in [-0.2, 0) is 4.79 Å². The number of anilines is 1. The summed E-state index contributed by atoms with van der Waals surface area (Å²) in [4.78, 5) is 13.8. The Balaban J connectivity index is 1.83. The van der Waals surface area contributed by atoms with Crippen LogP contribution in [0.1, 0.15) is 12.8 Å². The lowest BCUT2D eigenvalue weighted by atomic mass is 10.1. The summed E-state index contributed by atoms with van der Waals surface area (Å²) in [5.41, 5.74) is 0.738. The zero-order valence-corrected chi connectivity index (χ0v) is 10.9. The molecule has 0 bridgehead atoms. The summed E-state index contributed by atoms with van der Waals surface area (Å²) in [6.45, 7) is 1.76. The van der Waals surface area contributed by atoms with E-state index < -0.39 is 0 Å². The van der Waals surface area contributed by atoms with Gasteiger partial charge in [-0.1, -0.05) is 11.6 Å². The summed E-state index contributed by atoms with van der Waals surface area (Å²) in [5, 5.41) is 13.0. The molecule has 1 fully saturated rings. The Bertz CT molecular complexity index is 408. The van der Waals surface area contributed by atoms with Gasteiger partial charge in [-0.15, -0.1) is 0 Å². The Morgan fingerprint density at radius 1 is 1.44 bits per heavy atom. The van der Waals surface area contributed by atoms with Gasteiger partial charge in [0.25, 0.3) is 0 Å². The highest BCUT2D eigenvalue weighted by molar-refractivity contribution is 6.30. The summed E-state index contributed by atoms with van der Waals surface area (Å²) in [7, 11) is 0. The lowest BCUT2D eigenvalue weighted by molar-refractivity contribution is -0.118. The Morgan fingerprint density at radius 2 is 2.17 bits per heavy atom. The van der Waals surface area contributed by atoms with Crippen LogP contribution in [0, 0.1) is 0 Å². The third kappa shape index (κ3) is 3.98. The van der Waals surface area contributed by atoms with Crippen LogP contribution in [-0.4, -0.2) is 41.7 Å². The number of carbonyl (C=O) groups is 1. The second-order valence-corrected chi connectivity index (χ2v) is 5.02. The summed E-state index contributed by atoms with van der Waals surface area (Å²) >= 11 is 5.77. The summed E-state index contributed by atoms with van der Waals surface area (Å²) in [5.74, 6) is -0.0635. The largest absolute Gasteiger partial charge is 0.392 e. The van der Waals surface area contributed by atoms with Crippen LogP contribution in [0.5, 0.6) is 0 Å². The van der Waals surface area contributed by atoms with Crippen molar-refractivity contribution in [3.05, 3.63) is 29.3 Å². The molecule has 0 saturated carbocycles. The predicted molar refractivity (Wildman–Crippen MR) is 71.8 cm³/mol. The van der Waals surface area contributed by atoms with Crippen molar-refractivity contribution < 1.29 is 9.90 Å². The molecule has 5 heteroatoms. The van der Waals surface area contributed by atoms with E-state index in [2.05, 4.69) is 5.32 Å². The van der Waals surface area contributed by atoms with Crippen molar-refractivity contribution >= 4 is 23.2 Å². The van der Waals surface area contributed by atoms with Crippen molar-refractivity contribution in [1.82, 2.24) is 4.90 Å². The Hall–Kier alpha value is -1.10. The maximum Gasteiger partial charge on any atom is 0.238 e. The molecular formula is C13H17ClN2O2. The molecule has 18 heavy (non-hydrogen) atoms. The zero-order valence-electron chi connectivity index (χ0n) is 10.1. The van der Waals surface area contributed by atoms with E-state index in [1.807, 2.05) is 4.90 Å². The number of aliphatic hydroxyl groups is 1. The quantitative estimate of drug-likeness (QED) is 0.878. The topological polar surface area (TPSA) is 52.6 Å². The van der Waals surface area contributed by atoms with Gasteiger partial charge in [-0.2, -0.15) is 0 Å². The highest BCUT2D eigenvalue weighted by Crippen LogP contribution is 2.14. The van der Waals surface area contributed by atoms with Crippen LogP contribution in [0.15, 0.2) is 24.3 Å². The normalized spacial score (nSPS) is 20.7. The highest BCUT2D eigenvalue weighted by atomic mass is 35.5. The fraction of sp³-hybridized carbons (Fsp3) is 0.462. The van der Waals surface area contributed by atoms with E-state index in [4.69, 9.17) is 11.6 Å². The van der Waals surface area contributed by atoms with E-state index in [1.54, 1.807) is 24.3 Å². The van der Waals surface area contributed by atoms with Crippen LogP contribution >= 0.6 is 11.6 Å². The number of piperidine rings is 1. The average Bonchev–Trinajstić information content (AvgIpc) is 2.32. The summed E-state index contributed by atoms with van der Waals surface area (Å²) in [6.07, 6.45) is 1.46. The first kappa shape index (κ1) is 13.3. The minimum atomic E-state index is -0.304. The third-order valence-electron chi connectivity index (χ3n) is 2.98. The van der Waals surface area contributed by atoms with Crippen molar-refractivity contribution in [2.75, 3.05) is 25.0 Å². The number of nitrogens with one attached hydrogen (secondary N) is 1. The average molecular weight is 269 g/mol. The van der Waals surface area contributed by atoms with Gasteiger partial charge in [-0.05, 0) is 43.7 Å². The smallest absolute Gasteiger partial charge is 0.238 e. The van der Waals surface area contributed by atoms with Gasteiger partial charge in [0.05, 0.1) is 12.6 Å². The number of rotatable bonds is 3. The van der Waals surface area contributed by atoms with Gasteiger partial charge in [0, 0.05) is 17.3 Å². The summed E-state index contributed by atoms with van der Waals surface area (Å²) in [6, 6.07) is 7.01. The summed E-state index contributed by atoms with van der Waals surface area (Å²) < 4.78 is 0. The number of likely N-dealkylation sites (tertiary alicyclic amines) is 1. The molecule has 1 aromatic carbocycles. The first-order valence-electron chi connectivity index (χ1n) is 6.09. The molecule has 0 spiro atoms. The molecule has 1 aromatic rings. The molecule has 0 radical (unpaired) electrons. The molecule has 2 rings (SSSR count). The minimum absolute atomic E-state index is 0.0635. The fourth-order valence-corrected chi connectivity index (χ4v) is 2.24. The van der Waals surface area contributed by atoms with E-state index in [9.17, 15) is 9.90 Å². The molecule has 0 aromatic heterocycles. The molecule has 4 nitrogen and oxygen atoms in total.